The van der Waals surface area contributed by atoms with Gasteiger partial charge in [0.25, 0.3) is 0 Å². The van der Waals surface area contributed by atoms with E-state index in [9.17, 15) is 4.79 Å². The summed E-state index contributed by atoms with van der Waals surface area (Å²) in [5, 5.41) is 10.0. The highest BCUT2D eigenvalue weighted by Crippen LogP contribution is 2.42. The van der Waals surface area contributed by atoms with Crippen molar-refractivity contribution in [1.29, 1.82) is 0 Å². The first-order chi connectivity index (χ1) is 22.5. The van der Waals surface area contributed by atoms with Crippen molar-refractivity contribution >= 4 is 34.3 Å². The number of aromatic nitrogens is 2. The molecule has 0 saturated heterocycles. The van der Waals surface area contributed by atoms with Gasteiger partial charge in [-0.3, -0.25) is 0 Å². The molecule has 4 aromatic carbocycles. The number of anilines is 3. The highest BCUT2D eigenvalue weighted by atomic mass is 16.5. The maximum absolute atomic E-state index is 12.3. The van der Waals surface area contributed by atoms with Gasteiger partial charge in [-0.05, 0) is 80.2 Å². The van der Waals surface area contributed by atoms with Crippen LogP contribution >= 0.6 is 0 Å². The van der Waals surface area contributed by atoms with Gasteiger partial charge in [0.15, 0.2) is 0 Å². The summed E-state index contributed by atoms with van der Waals surface area (Å²) in [5.74, 6) is 2.24. The first-order valence-electron chi connectivity index (χ1n) is 15.2. The van der Waals surface area contributed by atoms with E-state index in [2.05, 4.69) is 43.0 Å². The molecule has 3 N–H and O–H groups in total. The van der Waals surface area contributed by atoms with Crippen molar-refractivity contribution in [3.05, 3.63) is 121 Å². The van der Waals surface area contributed by atoms with Crippen molar-refractivity contribution in [1.82, 2.24) is 14.9 Å². The fraction of sp³-hybridized carbons (Fsp3) is 0.162. The number of carbonyl (C=O) groups excluding carboxylic acids is 1. The topological polar surface area (TPSA) is 105 Å². The number of furan rings is 1. The van der Waals surface area contributed by atoms with E-state index in [0.29, 0.717) is 30.4 Å². The molecule has 9 heteroatoms. The summed E-state index contributed by atoms with van der Waals surface area (Å²) in [6.45, 7) is 2.10. The summed E-state index contributed by atoms with van der Waals surface area (Å²) >= 11 is 0. The van der Waals surface area contributed by atoms with E-state index < -0.39 is 0 Å². The van der Waals surface area contributed by atoms with Gasteiger partial charge in [-0.2, -0.15) is 0 Å². The van der Waals surface area contributed by atoms with Crippen LogP contribution in [0.2, 0.25) is 0 Å². The van der Waals surface area contributed by atoms with Crippen LogP contribution in [0.4, 0.5) is 22.0 Å². The standard InChI is InChI=1S/C37H36N6O3/c1-43(2)23-24-45-31-19-15-28(16-20-31)34-32(27-9-5-3-6-10-27)33-35(39-25-40-36(33)46-34)38-22-21-26-13-17-30(18-14-26)42-37(44)41-29-11-7-4-8-12-29/h3-20,25H,21-24H2,1-2H3,(H,38,39,40)(H2,41,42,44). The van der Waals surface area contributed by atoms with Gasteiger partial charge in [0.1, 0.15) is 30.3 Å². The van der Waals surface area contributed by atoms with E-state index in [4.69, 9.17) is 9.15 Å². The highest BCUT2D eigenvalue weighted by Gasteiger charge is 2.22. The Morgan fingerprint density at radius 1 is 0.783 bits per heavy atom. The van der Waals surface area contributed by atoms with Gasteiger partial charge < -0.3 is 30.0 Å². The molecular formula is C37H36N6O3. The Labute approximate surface area is 268 Å². The minimum absolute atomic E-state index is 0.286. The Bertz CT molecular complexity index is 1870. The molecule has 232 valence electrons. The number of rotatable bonds is 12. The Balaban J connectivity index is 1.17. The van der Waals surface area contributed by atoms with Gasteiger partial charge in [0.05, 0.1) is 5.39 Å². The van der Waals surface area contributed by atoms with Crippen LogP contribution in [0.15, 0.2) is 120 Å². The number of nitrogens with zero attached hydrogens (tertiary/aromatic N) is 3. The van der Waals surface area contributed by atoms with Gasteiger partial charge in [0, 0.05) is 35.6 Å². The van der Waals surface area contributed by atoms with Gasteiger partial charge >= 0.3 is 6.03 Å². The third-order valence-corrected chi connectivity index (χ3v) is 7.42. The van der Waals surface area contributed by atoms with Crippen LogP contribution in [0, 0.1) is 0 Å². The third kappa shape index (κ3) is 7.51. The Kier molecular flexibility index (Phi) is 9.51. The van der Waals surface area contributed by atoms with E-state index >= 15 is 0 Å². The molecule has 9 nitrogen and oxygen atoms in total. The van der Waals surface area contributed by atoms with Crippen molar-refractivity contribution in [2.24, 2.45) is 0 Å². The number of carbonyl (C=O) groups is 1. The Hall–Kier alpha value is -5.67. The molecule has 0 radical (unpaired) electrons. The number of fused-ring (bicyclic) bond motifs is 1. The molecule has 0 bridgehead atoms. The van der Waals surface area contributed by atoms with Gasteiger partial charge in [0.2, 0.25) is 5.71 Å². The molecule has 0 saturated carbocycles. The number of nitrogens with one attached hydrogen (secondary N) is 3. The van der Waals surface area contributed by atoms with Crippen LogP contribution in [0.25, 0.3) is 33.6 Å². The van der Waals surface area contributed by atoms with E-state index in [1.54, 1.807) is 0 Å². The fourth-order valence-corrected chi connectivity index (χ4v) is 5.09. The summed E-state index contributed by atoms with van der Waals surface area (Å²) in [4.78, 5) is 23.5. The molecule has 2 amide bonds. The van der Waals surface area contributed by atoms with Crippen molar-refractivity contribution < 1.29 is 13.9 Å². The second kappa shape index (κ2) is 14.4. The molecule has 0 aliphatic carbocycles. The summed E-state index contributed by atoms with van der Waals surface area (Å²) in [6.07, 6.45) is 2.28. The van der Waals surface area contributed by atoms with E-state index in [1.807, 2.05) is 111 Å². The van der Waals surface area contributed by atoms with Crippen LogP contribution in [-0.4, -0.2) is 54.7 Å². The lowest BCUT2D eigenvalue weighted by Gasteiger charge is -2.11. The molecule has 2 heterocycles. The van der Waals surface area contributed by atoms with Gasteiger partial charge in [-0.15, -0.1) is 0 Å². The van der Waals surface area contributed by atoms with Gasteiger partial charge in [-0.25, -0.2) is 14.8 Å². The third-order valence-electron chi connectivity index (χ3n) is 7.42. The van der Waals surface area contributed by atoms with Crippen LogP contribution < -0.4 is 20.7 Å². The molecule has 2 aromatic heterocycles. The maximum Gasteiger partial charge on any atom is 0.323 e. The summed E-state index contributed by atoms with van der Waals surface area (Å²) in [5.41, 5.74) is 5.96. The van der Waals surface area contributed by atoms with Gasteiger partial charge in [-0.1, -0.05) is 60.7 Å². The number of amides is 2. The minimum Gasteiger partial charge on any atom is -0.492 e. The largest absolute Gasteiger partial charge is 0.492 e. The molecule has 0 atom stereocenters. The number of hydrogen-bond acceptors (Lipinski definition) is 7. The number of urea groups is 1. The number of ether oxygens (including phenoxy) is 1. The van der Waals surface area contributed by atoms with Crippen LogP contribution in [0.3, 0.4) is 0 Å². The number of para-hydroxylation sites is 1. The predicted octanol–water partition coefficient (Wildman–Crippen LogP) is 7.80. The van der Waals surface area contributed by atoms with Crippen LogP contribution in [0.1, 0.15) is 5.56 Å². The smallest absolute Gasteiger partial charge is 0.323 e. The molecule has 0 aliphatic heterocycles. The summed E-state index contributed by atoms with van der Waals surface area (Å²) < 4.78 is 12.3. The van der Waals surface area contributed by atoms with Crippen molar-refractivity contribution in [3.63, 3.8) is 0 Å². The number of likely N-dealkylation sites (N-methyl/N-ethyl adjacent to an activating group) is 1. The zero-order valence-corrected chi connectivity index (χ0v) is 25.9. The number of hydrogen-bond donors (Lipinski definition) is 3. The molecule has 6 aromatic rings. The molecule has 0 fully saturated rings. The molecule has 6 rings (SSSR count). The quantitative estimate of drug-likeness (QED) is 0.130. The van der Waals surface area contributed by atoms with Crippen LogP contribution in [0.5, 0.6) is 5.75 Å². The van der Waals surface area contributed by atoms with E-state index in [1.165, 1.54) is 6.33 Å². The fourth-order valence-electron chi connectivity index (χ4n) is 5.09. The molecular weight excluding hydrogens is 576 g/mol. The summed E-state index contributed by atoms with van der Waals surface area (Å²) in [6, 6.07) is 35.0. The van der Waals surface area contributed by atoms with E-state index in [0.717, 1.165) is 57.8 Å². The SMILES string of the molecule is CN(C)CCOc1ccc(-c2oc3ncnc(NCCc4ccc(NC(=O)Nc5ccccc5)cc4)c3c2-c2ccccc2)cc1. The predicted molar refractivity (Wildman–Crippen MR) is 184 cm³/mol. The van der Waals surface area contributed by atoms with Crippen LogP contribution in [-0.2, 0) is 6.42 Å². The molecule has 0 aliphatic rings. The first-order valence-corrected chi connectivity index (χ1v) is 15.2. The lowest BCUT2D eigenvalue weighted by molar-refractivity contribution is 0.261. The average molecular weight is 613 g/mol. The van der Waals surface area contributed by atoms with E-state index in [-0.39, 0.29) is 6.03 Å². The number of benzene rings is 4. The lowest BCUT2D eigenvalue weighted by Crippen LogP contribution is -2.19. The normalized spacial score (nSPS) is 11.0. The minimum atomic E-state index is -0.286. The zero-order chi connectivity index (χ0) is 31.7. The zero-order valence-electron chi connectivity index (χ0n) is 25.9. The Morgan fingerprint density at radius 2 is 1.46 bits per heavy atom. The van der Waals surface area contributed by atoms with Crippen molar-refractivity contribution in [2.75, 3.05) is 49.7 Å². The monoisotopic (exact) mass is 612 g/mol. The lowest BCUT2D eigenvalue weighted by atomic mass is 9.99. The molecule has 0 spiro atoms. The Morgan fingerprint density at radius 3 is 2.15 bits per heavy atom. The average Bonchev–Trinajstić information content (AvgIpc) is 3.47. The second-order valence-corrected chi connectivity index (χ2v) is 11.1. The van der Waals surface area contributed by atoms with Crippen molar-refractivity contribution in [3.8, 4) is 28.2 Å². The highest BCUT2D eigenvalue weighted by molar-refractivity contribution is 6.06. The second-order valence-electron chi connectivity index (χ2n) is 11.1. The van der Waals surface area contributed by atoms with Crippen molar-refractivity contribution in [2.45, 2.75) is 6.42 Å². The first kappa shape index (κ1) is 30.4. The molecule has 0 unspecified atom stereocenters. The molecule has 46 heavy (non-hydrogen) atoms. The summed E-state index contributed by atoms with van der Waals surface area (Å²) in [7, 11) is 4.05. The maximum atomic E-state index is 12.3.